The van der Waals surface area contributed by atoms with Crippen LogP contribution in [-0.2, 0) is 13.5 Å². The van der Waals surface area contributed by atoms with Gasteiger partial charge < -0.3 is 5.32 Å². The van der Waals surface area contributed by atoms with Crippen LogP contribution in [0, 0.1) is 12.7 Å². The highest BCUT2D eigenvalue weighted by Gasteiger charge is 2.17. The van der Waals surface area contributed by atoms with Gasteiger partial charge in [-0.05, 0) is 38.1 Å². The number of rotatable bonds is 4. The summed E-state index contributed by atoms with van der Waals surface area (Å²) < 4.78 is 14.9. The van der Waals surface area contributed by atoms with E-state index in [0.29, 0.717) is 11.4 Å². The Balaban J connectivity index is 2.26. The molecule has 1 heterocycles. The van der Waals surface area contributed by atoms with Gasteiger partial charge in [-0.1, -0.05) is 17.7 Å². The molecular formula is C14H17ClFN3. The predicted molar refractivity (Wildman–Crippen MR) is 74.9 cm³/mol. The van der Waals surface area contributed by atoms with Gasteiger partial charge in [0.2, 0.25) is 0 Å². The Morgan fingerprint density at radius 3 is 2.74 bits per heavy atom. The van der Waals surface area contributed by atoms with Gasteiger partial charge in [0.15, 0.2) is 0 Å². The molecule has 0 amide bonds. The molecule has 0 aliphatic rings. The normalized spacial score (nSPS) is 12.7. The standard InChI is InChI=1S/C14H17ClFN3/c1-9-12(8-18-19(9)3)14(17-2)6-10-4-5-11(16)7-13(10)15/h4-5,7-8,14,17H,6H2,1-3H3. The zero-order chi connectivity index (χ0) is 14.0. The van der Waals surface area contributed by atoms with Crippen LogP contribution in [0.1, 0.15) is 22.9 Å². The lowest BCUT2D eigenvalue weighted by molar-refractivity contribution is 0.584. The SMILES string of the molecule is CNC(Cc1ccc(F)cc1Cl)c1cnn(C)c1C. The highest BCUT2D eigenvalue weighted by Crippen LogP contribution is 2.25. The molecule has 1 atom stereocenters. The average molecular weight is 282 g/mol. The summed E-state index contributed by atoms with van der Waals surface area (Å²) in [4.78, 5) is 0. The van der Waals surface area contributed by atoms with Crippen LogP contribution in [0.4, 0.5) is 4.39 Å². The maximum Gasteiger partial charge on any atom is 0.124 e. The molecule has 1 N–H and O–H groups in total. The van der Waals surface area contributed by atoms with E-state index in [9.17, 15) is 4.39 Å². The summed E-state index contributed by atoms with van der Waals surface area (Å²) in [5.41, 5.74) is 3.16. The van der Waals surface area contributed by atoms with Gasteiger partial charge in [-0.25, -0.2) is 4.39 Å². The summed E-state index contributed by atoms with van der Waals surface area (Å²) in [5, 5.41) is 7.96. The molecule has 1 aromatic carbocycles. The number of nitrogens with zero attached hydrogens (tertiary/aromatic N) is 2. The third-order valence-corrected chi connectivity index (χ3v) is 3.79. The molecule has 19 heavy (non-hydrogen) atoms. The van der Waals surface area contributed by atoms with E-state index in [-0.39, 0.29) is 11.9 Å². The minimum atomic E-state index is -0.313. The Kier molecular flexibility index (Phi) is 4.22. The first-order valence-corrected chi connectivity index (χ1v) is 6.50. The van der Waals surface area contributed by atoms with Gasteiger partial charge in [-0.2, -0.15) is 5.10 Å². The monoisotopic (exact) mass is 281 g/mol. The largest absolute Gasteiger partial charge is 0.313 e. The Labute approximate surface area is 117 Å². The van der Waals surface area contributed by atoms with E-state index in [4.69, 9.17) is 11.6 Å². The first kappa shape index (κ1) is 14.0. The van der Waals surface area contributed by atoms with Crippen LogP contribution in [0.2, 0.25) is 5.02 Å². The number of benzene rings is 1. The third kappa shape index (κ3) is 2.96. The van der Waals surface area contributed by atoms with Crippen LogP contribution >= 0.6 is 11.6 Å². The van der Waals surface area contributed by atoms with Crippen molar-refractivity contribution in [1.82, 2.24) is 15.1 Å². The van der Waals surface area contributed by atoms with Gasteiger partial charge in [0.25, 0.3) is 0 Å². The number of hydrogen-bond acceptors (Lipinski definition) is 2. The summed E-state index contributed by atoms with van der Waals surface area (Å²) in [7, 11) is 3.81. The fraction of sp³-hybridized carbons (Fsp3) is 0.357. The van der Waals surface area contributed by atoms with Gasteiger partial charge in [-0.15, -0.1) is 0 Å². The Morgan fingerprint density at radius 2 is 2.21 bits per heavy atom. The minimum Gasteiger partial charge on any atom is -0.313 e. The summed E-state index contributed by atoms with van der Waals surface area (Å²) in [6, 6.07) is 4.62. The van der Waals surface area contributed by atoms with Crippen LogP contribution in [0.15, 0.2) is 24.4 Å². The van der Waals surface area contributed by atoms with Crippen LogP contribution in [0.5, 0.6) is 0 Å². The quantitative estimate of drug-likeness (QED) is 0.934. The number of nitrogens with one attached hydrogen (secondary N) is 1. The fourth-order valence-electron chi connectivity index (χ4n) is 2.13. The maximum absolute atomic E-state index is 13.0. The Bertz CT molecular complexity index is 580. The van der Waals surface area contributed by atoms with E-state index < -0.39 is 0 Å². The second-order valence-electron chi connectivity index (χ2n) is 4.59. The van der Waals surface area contributed by atoms with Crippen molar-refractivity contribution in [2.45, 2.75) is 19.4 Å². The van der Waals surface area contributed by atoms with Crippen molar-refractivity contribution < 1.29 is 4.39 Å². The molecular weight excluding hydrogens is 265 g/mol. The van der Waals surface area contributed by atoms with Crippen molar-refractivity contribution >= 4 is 11.6 Å². The maximum atomic E-state index is 13.0. The molecule has 2 aromatic rings. The molecule has 0 spiro atoms. The lowest BCUT2D eigenvalue weighted by Crippen LogP contribution is -2.19. The topological polar surface area (TPSA) is 29.9 Å². The van der Waals surface area contributed by atoms with Crippen molar-refractivity contribution in [3.8, 4) is 0 Å². The van der Waals surface area contributed by atoms with Gasteiger partial charge in [-0.3, -0.25) is 4.68 Å². The van der Waals surface area contributed by atoms with Crippen LogP contribution in [-0.4, -0.2) is 16.8 Å². The third-order valence-electron chi connectivity index (χ3n) is 3.44. The second-order valence-corrected chi connectivity index (χ2v) is 5.00. The lowest BCUT2D eigenvalue weighted by atomic mass is 9.99. The smallest absolute Gasteiger partial charge is 0.124 e. The first-order chi connectivity index (χ1) is 9.02. The van der Waals surface area contributed by atoms with E-state index in [0.717, 1.165) is 16.8 Å². The summed E-state index contributed by atoms with van der Waals surface area (Å²) in [6.45, 7) is 2.03. The van der Waals surface area contributed by atoms with Crippen molar-refractivity contribution in [3.05, 3.63) is 52.1 Å². The highest BCUT2D eigenvalue weighted by atomic mass is 35.5. The van der Waals surface area contributed by atoms with E-state index in [2.05, 4.69) is 10.4 Å². The summed E-state index contributed by atoms with van der Waals surface area (Å²) >= 11 is 6.07. The zero-order valence-corrected chi connectivity index (χ0v) is 12.0. The van der Waals surface area contributed by atoms with Gasteiger partial charge >= 0.3 is 0 Å². The van der Waals surface area contributed by atoms with Crippen LogP contribution in [0.25, 0.3) is 0 Å². The van der Waals surface area contributed by atoms with Gasteiger partial charge in [0.05, 0.1) is 6.20 Å². The molecule has 0 aliphatic heterocycles. The highest BCUT2D eigenvalue weighted by molar-refractivity contribution is 6.31. The predicted octanol–water partition coefficient (Wildman–Crippen LogP) is 3.02. The first-order valence-electron chi connectivity index (χ1n) is 6.12. The molecule has 0 radical (unpaired) electrons. The Morgan fingerprint density at radius 1 is 1.47 bits per heavy atom. The van der Waals surface area contributed by atoms with Crippen molar-refractivity contribution in [1.29, 1.82) is 0 Å². The minimum absolute atomic E-state index is 0.108. The van der Waals surface area contributed by atoms with E-state index in [1.807, 2.05) is 31.9 Å². The molecule has 0 saturated carbocycles. The number of likely N-dealkylation sites (N-methyl/N-ethyl adjacent to an activating group) is 1. The summed E-state index contributed by atoms with van der Waals surface area (Å²) in [6.07, 6.45) is 2.55. The van der Waals surface area contributed by atoms with Crippen LogP contribution < -0.4 is 5.32 Å². The van der Waals surface area contributed by atoms with Gasteiger partial charge in [0.1, 0.15) is 5.82 Å². The zero-order valence-electron chi connectivity index (χ0n) is 11.2. The van der Waals surface area contributed by atoms with Crippen molar-refractivity contribution in [3.63, 3.8) is 0 Å². The molecule has 0 bridgehead atoms. The fourth-order valence-corrected chi connectivity index (χ4v) is 2.38. The van der Waals surface area contributed by atoms with E-state index in [1.54, 1.807) is 6.07 Å². The number of aryl methyl sites for hydroxylation is 1. The van der Waals surface area contributed by atoms with Crippen molar-refractivity contribution in [2.75, 3.05) is 7.05 Å². The van der Waals surface area contributed by atoms with E-state index >= 15 is 0 Å². The summed E-state index contributed by atoms with van der Waals surface area (Å²) in [5.74, 6) is -0.313. The van der Waals surface area contributed by atoms with Crippen molar-refractivity contribution in [2.24, 2.45) is 7.05 Å². The number of halogens is 2. The molecule has 0 fully saturated rings. The molecule has 0 aliphatic carbocycles. The molecule has 2 rings (SSSR count). The lowest BCUT2D eigenvalue weighted by Gasteiger charge is -2.17. The molecule has 0 saturated heterocycles. The molecule has 3 nitrogen and oxygen atoms in total. The molecule has 102 valence electrons. The van der Waals surface area contributed by atoms with Crippen LogP contribution in [0.3, 0.4) is 0 Å². The second kappa shape index (κ2) is 5.72. The van der Waals surface area contributed by atoms with Gasteiger partial charge in [0, 0.05) is 29.4 Å². The number of aromatic nitrogens is 2. The van der Waals surface area contributed by atoms with E-state index in [1.165, 1.54) is 12.1 Å². The molecule has 1 unspecified atom stereocenters. The average Bonchev–Trinajstić information content (AvgIpc) is 2.70. The number of hydrogen-bond donors (Lipinski definition) is 1. The Hall–Kier alpha value is -1.39. The molecule has 5 heteroatoms. The molecule has 1 aromatic heterocycles.